The molecule has 0 saturated carbocycles. The SMILES string of the molecule is CN1CC2CC(C1)c1ccc(-c3ccncc3)c(=O)n1C2. The van der Waals surface area contributed by atoms with Crippen LogP contribution in [0.4, 0.5) is 0 Å². The van der Waals surface area contributed by atoms with Crippen LogP contribution in [-0.2, 0) is 6.54 Å². The number of aromatic nitrogens is 2. The summed E-state index contributed by atoms with van der Waals surface area (Å²) in [7, 11) is 2.18. The highest BCUT2D eigenvalue weighted by Gasteiger charge is 2.33. The lowest BCUT2D eigenvalue weighted by molar-refractivity contribution is 0.145. The largest absolute Gasteiger partial charge is 0.311 e. The number of pyridine rings is 2. The summed E-state index contributed by atoms with van der Waals surface area (Å²) in [6.45, 7) is 3.01. The molecular weight excluding hydrogens is 262 g/mol. The van der Waals surface area contributed by atoms with Gasteiger partial charge in [-0.15, -0.1) is 0 Å². The molecule has 0 aromatic carbocycles. The van der Waals surface area contributed by atoms with Crippen molar-refractivity contribution in [3.8, 4) is 11.1 Å². The van der Waals surface area contributed by atoms with Crippen LogP contribution in [0.25, 0.3) is 11.1 Å². The predicted octanol–water partition coefficient (Wildman–Crippen LogP) is 1.96. The first kappa shape index (κ1) is 12.8. The Labute approximate surface area is 124 Å². The van der Waals surface area contributed by atoms with Crippen molar-refractivity contribution in [3.63, 3.8) is 0 Å². The van der Waals surface area contributed by atoms with Gasteiger partial charge < -0.3 is 9.47 Å². The maximum atomic E-state index is 12.9. The van der Waals surface area contributed by atoms with E-state index in [4.69, 9.17) is 0 Å². The summed E-state index contributed by atoms with van der Waals surface area (Å²) in [5.74, 6) is 1.10. The second-order valence-corrected chi connectivity index (χ2v) is 6.34. The minimum Gasteiger partial charge on any atom is -0.311 e. The summed E-state index contributed by atoms with van der Waals surface area (Å²) in [5.41, 5.74) is 3.10. The average molecular weight is 281 g/mol. The summed E-state index contributed by atoms with van der Waals surface area (Å²) in [6.07, 6.45) is 4.70. The molecule has 2 aliphatic rings. The summed E-state index contributed by atoms with van der Waals surface area (Å²) >= 11 is 0. The van der Waals surface area contributed by atoms with Crippen molar-refractivity contribution in [1.82, 2.24) is 14.5 Å². The fraction of sp³-hybridized carbons (Fsp3) is 0.412. The van der Waals surface area contributed by atoms with Crippen LogP contribution < -0.4 is 5.56 Å². The van der Waals surface area contributed by atoms with E-state index in [2.05, 4.69) is 23.0 Å². The third-order valence-electron chi connectivity index (χ3n) is 4.78. The first-order valence-corrected chi connectivity index (χ1v) is 7.55. The van der Waals surface area contributed by atoms with E-state index in [9.17, 15) is 4.79 Å². The van der Waals surface area contributed by atoms with Gasteiger partial charge in [-0.25, -0.2) is 0 Å². The Morgan fingerprint density at radius 2 is 1.90 bits per heavy atom. The average Bonchev–Trinajstić information content (AvgIpc) is 2.49. The van der Waals surface area contributed by atoms with Gasteiger partial charge in [-0.1, -0.05) is 0 Å². The van der Waals surface area contributed by atoms with Crippen molar-refractivity contribution >= 4 is 0 Å². The first-order valence-electron chi connectivity index (χ1n) is 7.55. The second kappa shape index (κ2) is 4.81. The monoisotopic (exact) mass is 281 g/mol. The van der Waals surface area contributed by atoms with Gasteiger partial charge in [0.15, 0.2) is 0 Å². The van der Waals surface area contributed by atoms with Crippen molar-refractivity contribution in [2.24, 2.45) is 5.92 Å². The van der Waals surface area contributed by atoms with Crippen LogP contribution >= 0.6 is 0 Å². The summed E-state index contributed by atoms with van der Waals surface area (Å²) in [6, 6.07) is 7.94. The Bertz CT molecular complexity index is 723. The molecule has 108 valence electrons. The van der Waals surface area contributed by atoms with E-state index in [0.29, 0.717) is 11.8 Å². The van der Waals surface area contributed by atoms with Gasteiger partial charge in [-0.2, -0.15) is 0 Å². The van der Waals surface area contributed by atoms with Gasteiger partial charge >= 0.3 is 0 Å². The molecule has 0 amide bonds. The minimum atomic E-state index is 0.151. The number of piperidine rings is 1. The predicted molar refractivity (Wildman–Crippen MR) is 82.3 cm³/mol. The lowest BCUT2D eigenvalue weighted by atomic mass is 9.83. The maximum Gasteiger partial charge on any atom is 0.258 e. The van der Waals surface area contributed by atoms with Gasteiger partial charge in [0.25, 0.3) is 5.56 Å². The Hall–Kier alpha value is -1.94. The van der Waals surface area contributed by atoms with E-state index in [0.717, 1.165) is 30.8 Å². The van der Waals surface area contributed by atoms with Gasteiger partial charge in [-0.3, -0.25) is 9.78 Å². The van der Waals surface area contributed by atoms with Crippen molar-refractivity contribution < 1.29 is 0 Å². The van der Waals surface area contributed by atoms with Crippen LogP contribution in [0.2, 0.25) is 0 Å². The van der Waals surface area contributed by atoms with Crippen molar-refractivity contribution in [3.05, 3.63) is 52.7 Å². The third kappa shape index (κ3) is 2.10. The number of fused-ring (bicyclic) bond motifs is 4. The summed E-state index contributed by atoms with van der Waals surface area (Å²) in [5, 5.41) is 0. The molecule has 0 spiro atoms. The maximum absolute atomic E-state index is 12.9. The van der Waals surface area contributed by atoms with Crippen molar-refractivity contribution in [2.75, 3.05) is 20.1 Å². The molecule has 2 aliphatic heterocycles. The highest BCUT2D eigenvalue weighted by atomic mass is 16.1. The van der Waals surface area contributed by atoms with Crippen LogP contribution in [0.1, 0.15) is 18.0 Å². The molecule has 0 radical (unpaired) electrons. The molecular formula is C17H19N3O. The fourth-order valence-corrected chi connectivity index (χ4v) is 3.94. The van der Waals surface area contributed by atoms with Crippen molar-refractivity contribution in [2.45, 2.75) is 18.9 Å². The van der Waals surface area contributed by atoms with Gasteiger partial charge in [0.2, 0.25) is 0 Å². The standard InChI is InChI=1S/C17H19N3O/c1-19-9-12-8-14(11-19)16-3-2-15(17(21)20(16)10-12)13-4-6-18-7-5-13/h2-7,12,14H,8-11H2,1H3. The molecule has 21 heavy (non-hydrogen) atoms. The number of nitrogens with zero attached hydrogens (tertiary/aromatic N) is 3. The lowest BCUT2D eigenvalue weighted by Gasteiger charge is -2.41. The molecule has 0 N–H and O–H groups in total. The van der Waals surface area contributed by atoms with E-state index >= 15 is 0 Å². The molecule has 2 unspecified atom stereocenters. The summed E-state index contributed by atoms with van der Waals surface area (Å²) < 4.78 is 2.02. The molecule has 4 rings (SSSR count). The van der Waals surface area contributed by atoms with Crippen LogP contribution in [0.15, 0.2) is 41.5 Å². The number of hydrogen-bond donors (Lipinski definition) is 0. The molecule has 4 heterocycles. The highest BCUT2D eigenvalue weighted by Crippen LogP contribution is 2.35. The molecule has 2 bridgehead atoms. The van der Waals surface area contributed by atoms with Gasteiger partial charge in [0.1, 0.15) is 0 Å². The topological polar surface area (TPSA) is 38.1 Å². The zero-order valence-corrected chi connectivity index (χ0v) is 12.2. The normalized spacial score (nSPS) is 24.6. The zero-order valence-electron chi connectivity index (χ0n) is 12.2. The van der Waals surface area contributed by atoms with Gasteiger partial charge in [0, 0.05) is 49.2 Å². The Balaban J connectivity index is 1.83. The smallest absolute Gasteiger partial charge is 0.258 e. The summed E-state index contributed by atoms with van der Waals surface area (Å²) in [4.78, 5) is 19.3. The van der Waals surface area contributed by atoms with E-state index in [1.54, 1.807) is 12.4 Å². The van der Waals surface area contributed by atoms with Gasteiger partial charge in [-0.05, 0) is 49.2 Å². The van der Waals surface area contributed by atoms with Crippen LogP contribution in [0, 0.1) is 5.92 Å². The molecule has 4 heteroatoms. The number of rotatable bonds is 1. The lowest BCUT2D eigenvalue weighted by Crippen LogP contribution is -2.45. The number of likely N-dealkylation sites (tertiary alicyclic amines) is 1. The molecule has 1 fully saturated rings. The van der Waals surface area contributed by atoms with Crippen LogP contribution in [-0.4, -0.2) is 34.6 Å². The van der Waals surface area contributed by atoms with Crippen molar-refractivity contribution in [1.29, 1.82) is 0 Å². The van der Waals surface area contributed by atoms with E-state index in [1.807, 2.05) is 22.8 Å². The van der Waals surface area contributed by atoms with E-state index < -0.39 is 0 Å². The zero-order chi connectivity index (χ0) is 14.4. The quantitative estimate of drug-likeness (QED) is 0.802. The second-order valence-electron chi connectivity index (χ2n) is 6.34. The van der Waals surface area contributed by atoms with E-state index in [-0.39, 0.29) is 5.56 Å². The molecule has 4 nitrogen and oxygen atoms in total. The first-order chi connectivity index (χ1) is 10.2. The van der Waals surface area contributed by atoms with Crippen LogP contribution in [0.3, 0.4) is 0 Å². The number of hydrogen-bond acceptors (Lipinski definition) is 3. The fourth-order valence-electron chi connectivity index (χ4n) is 3.94. The third-order valence-corrected chi connectivity index (χ3v) is 4.78. The number of likely N-dealkylation sites (N-methyl/N-ethyl adjacent to an activating group) is 1. The Morgan fingerprint density at radius 3 is 2.71 bits per heavy atom. The molecule has 2 atom stereocenters. The highest BCUT2D eigenvalue weighted by molar-refractivity contribution is 5.61. The molecule has 0 aliphatic carbocycles. The Morgan fingerprint density at radius 1 is 1.10 bits per heavy atom. The van der Waals surface area contributed by atoms with Gasteiger partial charge in [0.05, 0.1) is 0 Å². The molecule has 2 aromatic rings. The molecule has 1 saturated heterocycles. The molecule has 2 aromatic heterocycles. The minimum absolute atomic E-state index is 0.151. The Kier molecular flexibility index (Phi) is 2.93. The van der Waals surface area contributed by atoms with Crippen LogP contribution in [0.5, 0.6) is 0 Å². The van der Waals surface area contributed by atoms with E-state index in [1.165, 1.54) is 12.1 Å².